The number of hydrogen-bond acceptors (Lipinski definition) is 3. The lowest BCUT2D eigenvalue weighted by Crippen LogP contribution is -2.47. The number of piperidine rings is 1. The molecule has 4 nitrogen and oxygen atoms in total. The van der Waals surface area contributed by atoms with Crippen molar-refractivity contribution in [1.82, 2.24) is 4.90 Å². The number of nitrogens with zero attached hydrogens (tertiary/aromatic N) is 1. The predicted octanol–water partition coefficient (Wildman–Crippen LogP) is 3.02. The van der Waals surface area contributed by atoms with Gasteiger partial charge >= 0.3 is 5.97 Å². The molecule has 1 heterocycles. The summed E-state index contributed by atoms with van der Waals surface area (Å²) in [6.45, 7) is 0.585. The average Bonchev–Trinajstić information content (AvgIpc) is 2.52. The molecule has 21 heavy (non-hydrogen) atoms. The van der Waals surface area contributed by atoms with Crippen molar-refractivity contribution in [3.63, 3.8) is 0 Å². The number of carboxylic acids is 1. The van der Waals surface area contributed by atoms with E-state index in [9.17, 15) is 14.7 Å². The van der Waals surface area contributed by atoms with Crippen molar-refractivity contribution >= 4 is 23.6 Å². The number of rotatable bonds is 6. The first kappa shape index (κ1) is 15.9. The van der Waals surface area contributed by atoms with E-state index < -0.39 is 12.0 Å². The molecule has 2 rings (SSSR count). The van der Waals surface area contributed by atoms with E-state index in [2.05, 4.69) is 12.1 Å². The summed E-state index contributed by atoms with van der Waals surface area (Å²) in [4.78, 5) is 26.1. The summed E-state index contributed by atoms with van der Waals surface area (Å²) in [6, 6.07) is 9.47. The number of carbonyl (C=O) groups excluding carboxylic acids is 1. The van der Waals surface area contributed by atoms with Crippen LogP contribution in [-0.4, -0.2) is 40.2 Å². The van der Waals surface area contributed by atoms with Crippen molar-refractivity contribution in [2.24, 2.45) is 0 Å². The van der Waals surface area contributed by atoms with Crippen LogP contribution < -0.4 is 0 Å². The van der Waals surface area contributed by atoms with E-state index in [-0.39, 0.29) is 5.91 Å². The van der Waals surface area contributed by atoms with Gasteiger partial charge in [-0.3, -0.25) is 4.79 Å². The molecular weight excluding hydrogens is 286 g/mol. The van der Waals surface area contributed by atoms with E-state index in [1.54, 1.807) is 16.7 Å². The number of amides is 1. The van der Waals surface area contributed by atoms with Crippen LogP contribution in [0.5, 0.6) is 0 Å². The molecule has 5 heteroatoms. The number of carboxylic acid groups (broad SMARTS) is 1. The van der Waals surface area contributed by atoms with Crippen LogP contribution in [0.25, 0.3) is 0 Å². The second-order valence-electron chi connectivity index (χ2n) is 5.20. The molecule has 1 aromatic rings. The molecule has 1 aliphatic rings. The number of hydrogen-bond donors (Lipinski definition) is 1. The highest BCUT2D eigenvalue weighted by Crippen LogP contribution is 2.21. The summed E-state index contributed by atoms with van der Waals surface area (Å²) in [6.07, 6.45) is 3.60. The van der Waals surface area contributed by atoms with Crippen molar-refractivity contribution < 1.29 is 14.7 Å². The van der Waals surface area contributed by atoms with Crippen LogP contribution in [0.3, 0.4) is 0 Å². The van der Waals surface area contributed by atoms with Gasteiger partial charge in [-0.2, -0.15) is 0 Å². The highest BCUT2D eigenvalue weighted by Gasteiger charge is 2.31. The molecular formula is C16H21NO3S. The van der Waals surface area contributed by atoms with Crippen LogP contribution >= 0.6 is 11.8 Å². The first-order chi connectivity index (χ1) is 10.2. The van der Waals surface area contributed by atoms with Gasteiger partial charge in [-0.15, -0.1) is 11.8 Å². The highest BCUT2D eigenvalue weighted by molar-refractivity contribution is 7.99. The largest absolute Gasteiger partial charge is 0.480 e. The Balaban J connectivity index is 1.74. The fraction of sp³-hybridized carbons (Fsp3) is 0.500. The zero-order valence-electron chi connectivity index (χ0n) is 12.0. The molecule has 1 saturated heterocycles. The molecule has 0 aromatic heterocycles. The Kier molecular flexibility index (Phi) is 6.11. The minimum absolute atomic E-state index is 0.0178. The summed E-state index contributed by atoms with van der Waals surface area (Å²) >= 11 is 1.73. The van der Waals surface area contributed by atoms with Crippen molar-refractivity contribution in [2.75, 3.05) is 12.3 Å². The quantitative estimate of drug-likeness (QED) is 0.648. The van der Waals surface area contributed by atoms with Gasteiger partial charge in [0.15, 0.2) is 0 Å². The van der Waals surface area contributed by atoms with Crippen molar-refractivity contribution in [1.29, 1.82) is 0 Å². The zero-order chi connectivity index (χ0) is 15.1. The molecule has 0 radical (unpaired) electrons. The maximum absolute atomic E-state index is 12.2. The van der Waals surface area contributed by atoms with Gasteiger partial charge in [0.2, 0.25) is 5.91 Å². The Labute approximate surface area is 129 Å². The minimum Gasteiger partial charge on any atom is -0.480 e. The van der Waals surface area contributed by atoms with E-state index in [0.29, 0.717) is 19.4 Å². The topological polar surface area (TPSA) is 57.6 Å². The lowest BCUT2D eigenvalue weighted by Gasteiger charge is -2.33. The molecule has 1 aromatic carbocycles. The SMILES string of the molecule is O=C(O)C1CCCCN1C(=O)CCCSc1ccccc1. The van der Waals surface area contributed by atoms with Gasteiger partial charge in [-0.1, -0.05) is 18.2 Å². The number of likely N-dealkylation sites (tertiary alicyclic amines) is 1. The van der Waals surface area contributed by atoms with E-state index >= 15 is 0 Å². The third-order valence-electron chi connectivity index (χ3n) is 3.66. The molecule has 0 spiro atoms. The lowest BCUT2D eigenvalue weighted by atomic mass is 10.0. The van der Waals surface area contributed by atoms with E-state index in [1.165, 1.54) is 4.90 Å². The van der Waals surface area contributed by atoms with Crippen LogP contribution in [0.4, 0.5) is 0 Å². The second-order valence-corrected chi connectivity index (χ2v) is 6.37. The van der Waals surface area contributed by atoms with Crippen LogP contribution in [0.2, 0.25) is 0 Å². The predicted molar refractivity (Wildman–Crippen MR) is 83.4 cm³/mol. The van der Waals surface area contributed by atoms with Crippen molar-refractivity contribution in [3.8, 4) is 0 Å². The van der Waals surface area contributed by atoms with E-state index in [1.807, 2.05) is 18.2 Å². The first-order valence-corrected chi connectivity index (χ1v) is 8.37. The standard InChI is InChI=1S/C16H21NO3S/c18-15(17-11-5-4-9-14(17)16(19)20)10-6-12-21-13-7-2-1-3-8-13/h1-3,7-8,14H,4-6,9-12H2,(H,19,20). The maximum Gasteiger partial charge on any atom is 0.326 e. The Morgan fingerprint density at radius 1 is 1.24 bits per heavy atom. The normalized spacial score (nSPS) is 18.5. The summed E-state index contributed by atoms with van der Waals surface area (Å²) in [7, 11) is 0. The van der Waals surface area contributed by atoms with Crippen LogP contribution in [0, 0.1) is 0 Å². The van der Waals surface area contributed by atoms with E-state index in [4.69, 9.17) is 0 Å². The third-order valence-corrected chi connectivity index (χ3v) is 4.75. The van der Waals surface area contributed by atoms with Gasteiger partial charge in [-0.25, -0.2) is 4.79 Å². The monoisotopic (exact) mass is 307 g/mol. The minimum atomic E-state index is -0.873. The molecule has 0 saturated carbocycles. The Bertz CT molecular complexity index is 478. The van der Waals surface area contributed by atoms with Gasteiger partial charge in [0.1, 0.15) is 6.04 Å². The smallest absolute Gasteiger partial charge is 0.326 e. The Morgan fingerprint density at radius 2 is 2.00 bits per heavy atom. The molecule has 1 N–H and O–H groups in total. The summed E-state index contributed by atoms with van der Waals surface area (Å²) in [5.74, 6) is -0.0149. The molecule has 1 fully saturated rings. The summed E-state index contributed by atoms with van der Waals surface area (Å²) < 4.78 is 0. The fourth-order valence-electron chi connectivity index (χ4n) is 2.56. The molecule has 1 atom stereocenters. The average molecular weight is 307 g/mol. The Morgan fingerprint density at radius 3 is 2.71 bits per heavy atom. The van der Waals surface area contributed by atoms with Gasteiger partial charge in [-0.05, 0) is 43.6 Å². The van der Waals surface area contributed by atoms with E-state index in [0.717, 1.165) is 25.0 Å². The van der Waals surface area contributed by atoms with Crippen molar-refractivity contribution in [3.05, 3.63) is 30.3 Å². The maximum atomic E-state index is 12.2. The van der Waals surface area contributed by atoms with Gasteiger partial charge < -0.3 is 10.0 Å². The number of thioether (sulfide) groups is 1. The molecule has 0 bridgehead atoms. The fourth-order valence-corrected chi connectivity index (χ4v) is 3.43. The third kappa shape index (κ3) is 4.77. The van der Waals surface area contributed by atoms with Gasteiger partial charge in [0.25, 0.3) is 0 Å². The molecule has 114 valence electrons. The number of aliphatic carboxylic acids is 1. The van der Waals surface area contributed by atoms with Crippen molar-refractivity contribution in [2.45, 2.75) is 43.0 Å². The molecule has 0 aliphatic carbocycles. The van der Waals surface area contributed by atoms with Gasteiger partial charge in [0.05, 0.1) is 0 Å². The highest BCUT2D eigenvalue weighted by atomic mass is 32.2. The van der Waals surface area contributed by atoms with Gasteiger partial charge in [0, 0.05) is 17.9 Å². The summed E-state index contributed by atoms with van der Waals surface area (Å²) in [5.41, 5.74) is 0. The van der Waals surface area contributed by atoms with Crippen LogP contribution in [0.1, 0.15) is 32.1 Å². The Hall–Kier alpha value is -1.49. The zero-order valence-corrected chi connectivity index (χ0v) is 12.8. The number of carbonyl (C=O) groups is 2. The summed E-state index contributed by atoms with van der Waals surface area (Å²) in [5, 5.41) is 9.18. The van der Waals surface area contributed by atoms with Crippen LogP contribution in [-0.2, 0) is 9.59 Å². The first-order valence-electron chi connectivity index (χ1n) is 7.38. The number of benzene rings is 1. The second kappa shape index (κ2) is 8.08. The molecule has 1 unspecified atom stereocenters. The van der Waals surface area contributed by atoms with Crippen LogP contribution in [0.15, 0.2) is 35.2 Å². The lowest BCUT2D eigenvalue weighted by molar-refractivity contribution is -0.152. The molecule has 1 amide bonds. The molecule has 1 aliphatic heterocycles.